The first-order valence-corrected chi connectivity index (χ1v) is 4.57. The molecule has 1 aliphatic carbocycles. The van der Waals surface area contributed by atoms with Gasteiger partial charge in [0.2, 0.25) is 0 Å². The fourth-order valence-electron chi connectivity index (χ4n) is 1.94. The second-order valence-electron chi connectivity index (χ2n) is 3.69. The Bertz CT molecular complexity index is 261. The first-order valence-electron chi connectivity index (χ1n) is 4.57. The van der Waals surface area contributed by atoms with E-state index in [0.29, 0.717) is 5.69 Å². The molecule has 0 saturated heterocycles. The van der Waals surface area contributed by atoms with Crippen LogP contribution in [0.2, 0.25) is 0 Å². The molecule has 72 valence electrons. The summed E-state index contributed by atoms with van der Waals surface area (Å²) in [7, 11) is 0. The van der Waals surface area contributed by atoms with Crippen LogP contribution in [0.25, 0.3) is 0 Å². The number of aliphatic hydroxyl groups is 1. The first-order chi connectivity index (χ1) is 6.27. The van der Waals surface area contributed by atoms with E-state index < -0.39 is 6.10 Å². The number of hydrogen-bond donors (Lipinski definition) is 3. The lowest BCUT2D eigenvalue weighted by molar-refractivity contribution is 0.106. The van der Waals surface area contributed by atoms with Gasteiger partial charge in [0.15, 0.2) is 0 Å². The predicted octanol–water partition coefficient (Wildman–Crippen LogP) is -0.0345. The Hall–Kier alpha value is -0.940. The van der Waals surface area contributed by atoms with Crippen LogP contribution in [-0.4, -0.2) is 26.6 Å². The minimum Gasteiger partial charge on any atom is -0.386 e. The Kier molecular flexibility index (Phi) is 2.28. The third kappa shape index (κ3) is 1.71. The van der Waals surface area contributed by atoms with Gasteiger partial charge < -0.3 is 10.8 Å². The molecule has 3 unspecified atom stereocenters. The van der Waals surface area contributed by atoms with Crippen LogP contribution >= 0.6 is 0 Å². The lowest BCUT2D eigenvalue weighted by Gasteiger charge is -2.15. The molecule has 1 aliphatic rings. The van der Waals surface area contributed by atoms with Gasteiger partial charge in [-0.15, -0.1) is 5.10 Å². The molecule has 1 fully saturated rings. The Morgan fingerprint density at radius 3 is 3.00 bits per heavy atom. The first kappa shape index (κ1) is 8.65. The summed E-state index contributed by atoms with van der Waals surface area (Å²) in [5.41, 5.74) is 6.46. The van der Waals surface area contributed by atoms with E-state index >= 15 is 0 Å². The number of nitrogens with one attached hydrogen (secondary N) is 1. The highest BCUT2D eigenvalue weighted by atomic mass is 16.3. The van der Waals surface area contributed by atoms with Crippen LogP contribution in [-0.2, 0) is 0 Å². The second-order valence-corrected chi connectivity index (χ2v) is 3.69. The summed E-state index contributed by atoms with van der Waals surface area (Å²) in [6.07, 6.45) is 3.96. The van der Waals surface area contributed by atoms with Gasteiger partial charge in [0.25, 0.3) is 0 Å². The van der Waals surface area contributed by atoms with Crippen LogP contribution in [0.5, 0.6) is 0 Å². The largest absolute Gasteiger partial charge is 0.386 e. The van der Waals surface area contributed by atoms with Crippen LogP contribution in [0.4, 0.5) is 0 Å². The number of nitrogens with zero attached hydrogens (tertiary/aromatic N) is 2. The van der Waals surface area contributed by atoms with Crippen LogP contribution in [0, 0.1) is 5.92 Å². The maximum absolute atomic E-state index is 9.86. The maximum atomic E-state index is 9.86. The maximum Gasteiger partial charge on any atom is 0.0999 e. The molecular weight excluding hydrogens is 168 g/mol. The van der Waals surface area contributed by atoms with Crippen LogP contribution in [0.15, 0.2) is 6.20 Å². The fraction of sp³-hybridized carbons (Fsp3) is 0.750. The highest BCUT2D eigenvalue weighted by Gasteiger charge is 2.29. The van der Waals surface area contributed by atoms with E-state index in [9.17, 15) is 5.11 Å². The van der Waals surface area contributed by atoms with Gasteiger partial charge in [0.1, 0.15) is 0 Å². The molecule has 5 heteroatoms. The zero-order chi connectivity index (χ0) is 9.26. The summed E-state index contributed by atoms with van der Waals surface area (Å²) in [5.74, 6) is 0.261. The van der Waals surface area contributed by atoms with E-state index in [1.165, 1.54) is 0 Å². The topological polar surface area (TPSA) is 87.8 Å². The van der Waals surface area contributed by atoms with E-state index in [1.807, 2.05) is 0 Å². The normalized spacial score (nSPS) is 30.6. The van der Waals surface area contributed by atoms with Gasteiger partial charge in [-0.3, -0.25) is 5.10 Å². The summed E-state index contributed by atoms with van der Waals surface area (Å²) >= 11 is 0. The molecule has 1 aromatic rings. The van der Waals surface area contributed by atoms with E-state index in [0.717, 1.165) is 19.3 Å². The number of hydrogen-bond acceptors (Lipinski definition) is 4. The standard InChI is InChI=1S/C8H14N4O/c9-6-2-1-5(3-6)8(13)7-4-10-12-11-7/h4-6,8,13H,1-3,9H2,(H,10,11,12). The van der Waals surface area contributed by atoms with Crippen molar-refractivity contribution in [2.75, 3.05) is 0 Å². The minimum atomic E-state index is -0.483. The second kappa shape index (κ2) is 3.43. The Labute approximate surface area is 76.3 Å². The number of nitrogens with two attached hydrogens (primary N) is 1. The Balaban J connectivity index is 2.02. The number of aliphatic hydroxyl groups excluding tert-OH is 1. The van der Waals surface area contributed by atoms with E-state index in [4.69, 9.17) is 5.73 Å². The summed E-state index contributed by atoms with van der Waals surface area (Å²) in [4.78, 5) is 0. The van der Waals surface area contributed by atoms with E-state index in [1.54, 1.807) is 6.20 Å². The van der Waals surface area contributed by atoms with Gasteiger partial charge in [-0.1, -0.05) is 5.21 Å². The van der Waals surface area contributed by atoms with Crippen molar-refractivity contribution in [1.29, 1.82) is 0 Å². The molecule has 13 heavy (non-hydrogen) atoms. The van der Waals surface area contributed by atoms with Crippen molar-refractivity contribution in [3.63, 3.8) is 0 Å². The molecule has 3 atom stereocenters. The van der Waals surface area contributed by atoms with Gasteiger partial charge in [0.05, 0.1) is 18.0 Å². The molecule has 4 N–H and O–H groups in total. The van der Waals surface area contributed by atoms with Crippen LogP contribution in [0.3, 0.4) is 0 Å². The highest BCUT2D eigenvalue weighted by Crippen LogP contribution is 2.33. The van der Waals surface area contributed by atoms with Gasteiger partial charge in [-0.25, -0.2) is 0 Å². The van der Waals surface area contributed by atoms with E-state index in [2.05, 4.69) is 15.4 Å². The van der Waals surface area contributed by atoms with Gasteiger partial charge >= 0.3 is 0 Å². The smallest absolute Gasteiger partial charge is 0.0999 e. The van der Waals surface area contributed by atoms with Gasteiger partial charge in [-0.2, -0.15) is 0 Å². The van der Waals surface area contributed by atoms with Crippen molar-refractivity contribution in [2.45, 2.75) is 31.4 Å². The minimum absolute atomic E-state index is 0.246. The average molecular weight is 182 g/mol. The molecule has 0 aliphatic heterocycles. The molecule has 2 rings (SSSR count). The molecule has 0 spiro atoms. The number of aromatic nitrogens is 3. The van der Waals surface area contributed by atoms with Gasteiger partial charge in [-0.05, 0) is 25.2 Å². The molecule has 0 radical (unpaired) electrons. The SMILES string of the molecule is NC1CCC(C(O)c2cnn[nH]2)C1. The summed E-state index contributed by atoms with van der Waals surface area (Å²) in [5, 5.41) is 19.7. The van der Waals surface area contributed by atoms with Gasteiger partial charge in [0, 0.05) is 6.04 Å². The molecular formula is C8H14N4O. The number of rotatable bonds is 2. The van der Waals surface area contributed by atoms with Crippen molar-refractivity contribution in [2.24, 2.45) is 11.7 Å². The van der Waals surface area contributed by atoms with Crippen molar-refractivity contribution < 1.29 is 5.11 Å². The quantitative estimate of drug-likeness (QED) is 0.599. The molecule has 1 heterocycles. The van der Waals surface area contributed by atoms with Crippen molar-refractivity contribution >= 4 is 0 Å². The number of H-pyrrole nitrogens is 1. The zero-order valence-electron chi connectivity index (χ0n) is 7.35. The molecule has 0 amide bonds. The molecule has 0 bridgehead atoms. The fourth-order valence-corrected chi connectivity index (χ4v) is 1.94. The van der Waals surface area contributed by atoms with Crippen molar-refractivity contribution in [1.82, 2.24) is 15.4 Å². The molecule has 1 saturated carbocycles. The predicted molar refractivity (Wildman–Crippen MR) is 46.7 cm³/mol. The lowest BCUT2D eigenvalue weighted by atomic mass is 9.98. The van der Waals surface area contributed by atoms with Crippen LogP contribution in [0.1, 0.15) is 31.1 Å². The van der Waals surface area contributed by atoms with E-state index in [-0.39, 0.29) is 12.0 Å². The van der Waals surface area contributed by atoms with Crippen molar-refractivity contribution in [3.05, 3.63) is 11.9 Å². The molecule has 5 nitrogen and oxygen atoms in total. The van der Waals surface area contributed by atoms with Crippen LogP contribution < -0.4 is 5.73 Å². The monoisotopic (exact) mass is 182 g/mol. The molecule has 0 aromatic carbocycles. The summed E-state index contributed by atoms with van der Waals surface area (Å²) in [6, 6.07) is 0.246. The lowest BCUT2D eigenvalue weighted by Crippen LogP contribution is -2.17. The zero-order valence-corrected chi connectivity index (χ0v) is 7.35. The summed E-state index contributed by atoms with van der Waals surface area (Å²) < 4.78 is 0. The van der Waals surface area contributed by atoms with Crippen molar-refractivity contribution in [3.8, 4) is 0 Å². The third-order valence-electron chi connectivity index (χ3n) is 2.71. The average Bonchev–Trinajstić information content (AvgIpc) is 2.72. The Morgan fingerprint density at radius 2 is 2.46 bits per heavy atom. The Morgan fingerprint density at radius 1 is 1.62 bits per heavy atom. The molecule has 1 aromatic heterocycles. The number of aromatic amines is 1. The highest BCUT2D eigenvalue weighted by molar-refractivity contribution is 5.00. The summed E-state index contributed by atoms with van der Waals surface area (Å²) in [6.45, 7) is 0. The third-order valence-corrected chi connectivity index (χ3v) is 2.71.